The van der Waals surface area contributed by atoms with Crippen molar-refractivity contribution >= 4 is 17.3 Å². The summed E-state index contributed by atoms with van der Waals surface area (Å²) >= 11 is 6.18. The Morgan fingerprint density at radius 2 is 2.05 bits per heavy atom. The van der Waals surface area contributed by atoms with Gasteiger partial charge in [-0.1, -0.05) is 31.5 Å². The van der Waals surface area contributed by atoms with E-state index in [9.17, 15) is 8.78 Å². The van der Waals surface area contributed by atoms with E-state index in [1.165, 1.54) is 4.90 Å². The Bertz CT molecular complexity index is 416. The van der Waals surface area contributed by atoms with Crippen LogP contribution in [0.4, 0.5) is 14.5 Å². The van der Waals surface area contributed by atoms with Crippen molar-refractivity contribution in [2.45, 2.75) is 32.9 Å². The summed E-state index contributed by atoms with van der Waals surface area (Å²) in [5.74, 6) is 0. The fraction of sp³-hybridized carbons (Fsp3) is 0.571. The maximum absolute atomic E-state index is 12.5. The third kappa shape index (κ3) is 5.61. The van der Waals surface area contributed by atoms with Gasteiger partial charge >= 0.3 is 0 Å². The van der Waals surface area contributed by atoms with Crippen molar-refractivity contribution in [1.82, 2.24) is 5.32 Å². The average Bonchev–Trinajstić information content (AvgIpc) is 2.36. The monoisotopic (exact) mass is 306 g/mol. The fourth-order valence-corrected chi connectivity index (χ4v) is 2.05. The normalized spacial score (nSPS) is 11.4. The second-order valence-electron chi connectivity index (χ2n) is 4.87. The molecule has 3 nitrogen and oxygen atoms in total. The van der Waals surface area contributed by atoms with Crippen molar-refractivity contribution in [3.05, 3.63) is 28.8 Å². The molecule has 0 saturated heterocycles. The summed E-state index contributed by atoms with van der Waals surface area (Å²) in [6.45, 7) is 4.26. The molecular weight excluding hydrogens is 286 g/mol. The minimum atomic E-state index is -2.46. The van der Waals surface area contributed by atoms with Crippen LogP contribution in [0.1, 0.15) is 19.4 Å². The summed E-state index contributed by atoms with van der Waals surface area (Å²) in [4.78, 5) is 1.43. The Morgan fingerprint density at radius 3 is 2.55 bits per heavy atom. The quantitative estimate of drug-likeness (QED) is 0.775. The zero-order valence-electron chi connectivity index (χ0n) is 11.7. The van der Waals surface area contributed by atoms with E-state index in [1.54, 1.807) is 12.1 Å². The highest BCUT2D eigenvalue weighted by Gasteiger charge is 2.13. The van der Waals surface area contributed by atoms with Gasteiger partial charge < -0.3 is 15.3 Å². The number of hydrogen-bond acceptors (Lipinski definition) is 3. The van der Waals surface area contributed by atoms with Crippen LogP contribution in [0.15, 0.2) is 18.2 Å². The van der Waals surface area contributed by atoms with Gasteiger partial charge in [-0.3, -0.25) is 0 Å². The standard InChI is InChI=1S/C14H21ClF2N2O/c1-10(2)18-8-11-3-4-12(7-13(11)15)19(5-6-20)9-14(16)17/h3-4,7,10,14,18,20H,5-6,8-9H2,1-2H3. The van der Waals surface area contributed by atoms with Crippen molar-refractivity contribution < 1.29 is 13.9 Å². The largest absolute Gasteiger partial charge is 0.395 e. The lowest BCUT2D eigenvalue weighted by molar-refractivity contribution is 0.153. The first-order chi connectivity index (χ1) is 9.43. The summed E-state index contributed by atoms with van der Waals surface area (Å²) in [5, 5.41) is 12.7. The number of halogens is 3. The number of benzene rings is 1. The number of nitrogens with one attached hydrogen (secondary N) is 1. The molecular formula is C14H21ClF2N2O. The summed E-state index contributed by atoms with van der Waals surface area (Å²) in [5.41, 5.74) is 1.52. The maximum atomic E-state index is 12.5. The molecule has 0 amide bonds. The van der Waals surface area contributed by atoms with Gasteiger partial charge in [0, 0.05) is 29.8 Å². The fourth-order valence-electron chi connectivity index (χ4n) is 1.80. The van der Waals surface area contributed by atoms with E-state index in [-0.39, 0.29) is 13.2 Å². The predicted octanol–water partition coefficient (Wildman–Crippen LogP) is 2.90. The van der Waals surface area contributed by atoms with E-state index in [0.717, 1.165) is 5.56 Å². The molecule has 0 saturated carbocycles. The molecule has 114 valence electrons. The molecule has 0 radical (unpaired) electrons. The zero-order valence-corrected chi connectivity index (χ0v) is 12.5. The molecule has 0 spiro atoms. The van der Waals surface area contributed by atoms with Gasteiger partial charge in [-0.15, -0.1) is 0 Å². The number of aliphatic hydroxyl groups is 1. The third-order valence-corrected chi connectivity index (χ3v) is 3.18. The number of rotatable bonds is 8. The van der Waals surface area contributed by atoms with Gasteiger partial charge in [0.15, 0.2) is 0 Å². The van der Waals surface area contributed by atoms with Gasteiger partial charge in [0.25, 0.3) is 6.43 Å². The molecule has 20 heavy (non-hydrogen) atoms. The number of alkyl halides is 2. The van der Waals surface area contributed by atoms with Crippen LogP contribution in [0.2, 0.25) is 5.02 Å². The van der Waals surface area contributed by atoms with E-state index in [1.807, 2.05) is 19.9 Å². The van der Waals surface area contributed by atoms with Gasteiger partial charge in [-0.2, -0.15) is 0 Å². The summed E-state index contributed by atoms with van der Waals surface area (Å²) in [6, 6.07) is 5.58. The van der Waals surface area contributed by atoms with Crippen LogP contribution in [0.3, 0.4) is 0 Å². The molecule has 0 aromatic heterocycles. The van der Waals surface area contributed by atoms with Crippen LogP contribution in [-0.2, 0) is 6.54 Å². The molecule has 0 aliphatic heterocycles. The molecule has 0 unspecified atom stereocenters. The van der Waals surface area contributed by atoms with Crippen molar-refractivity contribution in [2.24, 2.45) is 0 Å². The summed E-state index contributed by atoms with van der Waals surface area (Å²) in [6.07, 6.45) is -2.46. The first-order valence-electron chi connectivity index (χ1n) is 6.59. The highest BCUT2D eigenvalue weighted by Crippen LogP contribution is 2.24. The molecule has 1 rings (SSSR count). The van der Waals surface area contributed by atoms with Crippen molar-refractivity contribution in [2.75, 3.05) is 24.6 Å². The first kappa shape index (κ1) is 17.1. The van der Waals surface area contributed by atoms with E-state index >= 15 is 0 Å². The van der Waals surface area contributed by atoms with E-state index in [2.05, 4.69) is 5.32 Å². The summed E-state index contributed by atoms with van der Waals surface area (Å²) in [7, 11) is 0. The van der Waals surface area contributed by atoms with Crippen LogP contribution in [-0.4, -0.2) is 37.3 Å². The lowest BCUT2D eigenvalue weighted by Crippen LogP contribution is -2.31. The Morgan fingerprint density at radius 1 is 1.35 bits per heavy atom. The molecule has 1 aromatic carbocycles. The van der Waals surface area contributed by atoms with Crippen molar-refractivity contribution in [1.29, 1.82) is 0 Å². The lowest BCUT2D eigenvalue weighted by Gasteiger charge is -2.24. The van der Waals surface area contributed by atoms with E-state index in [4.69, 9.17) is 16.7 Å². The Hall–Kier alpha value is -0.910. The van der Waals surface area contributed by atoms with Gasteiger partial charge in [0.1, 0.15) is 0 Å². The minimum absolute atomic E-state index is 0.157. The zero-order chi connectivity index (χ0) is 15.1. The van der Waals surface area contributed by atoms with Gasteiger partial charge in [-0.25, -0.2) is 8.78 Å². The second-order valence-corrected chi connectivity index (χ2v) is 5.28. The SMILES string of the molecule is CC(C)NCc1ccc(N(CCO)CC(F)F)cc1Cl. The Balaban J connectivity index is 2.82. The number of nitrogens with zero attached hydrogens (tertiary/aromatic N) is 1. The number of aliphatic hydroxyl groups excluding tert-OH is 1. The first-order valence-corrected chi connectivity index (χ1v) is 6.97. The Kier molecular flexibility index (Phi) is 7.19. The van der Waals surface area contributed by atoms with E-state index in [0.29, 0.717) is 23.3 Å². The molecule has 0 fully saturated rings. The Labute approximate surface area is 123 Å². The number of anilines is 1. The molecule has 0 bridgehead atoms. The molecule has 0 aliphatic carbocycles. The van der Waals surface area contributed by atoms with Crippen LogP contribution < -0.4 is 10.2 Å². The summed E-state index contributed by atoms with van der Waals surface area (Å²) < 4.78 is 25.0. The maximum Gasteiger partial charge on any atom is 0.255 e. The van der Waals surface area contributed by atoms with Crippen molar-refractivity contribution in [3.8, 4) is 0 Å². The van der Waals surface area contributed by atoms with Crippen LogP contribution in [0, 0.1) is 0 Å². The molecule has 1 aromatic rings. The minimum Gasteiger partial charge on any atom is -0.395 e. The molecule has 0 aliphatic rings. The van der Waals surface area contributed by atoms with Crippen LogP contribution in [0.25, 0.3) is 0 Å². The average molecular weight is 307 g/mol. The van der Waals surface area contributed by atoms with E-state index < -0.39 is 13.0 Å². The van der Waals surface area contributed by atoms with Gasteiger partial charge in [-0.05, 0) is 17.7 Å². The highest BCUT2D eigenvalue weighted by molar-refractivity contribution is 6.31. The highest BCUT2D eigenvalue weighted by atomic mass is 35.5. The van der Waals surface area contributed by atoms with Crippen LogP contribution in [0.5, 0.6) is 0 Å². The van der Waals surface area contributed by atoms with Crippen molar-refractivity contribution in [3.63, 3.8) is 0 Å². The predicted molar refractivity (Wildman–Crippen MR) is 78.7 cm³/mol. The molecule has 0 heterocycles. The molecule has 2 N–H and O–H groups in total. The third-order valence-electron chi connectivity index (χ3n) is 2.83. The second kappa shape index (κ2) is 8.39. The topological polar surface area (TPSA) is 35.5 Å². The van der Waals surface area contributed by atoms with Crippen LogP contribution >= 0.6 is 11.6 Å². The smallest absolute Gasteiger partial charge is 0.255 e. The van der Waals surface area contributed by atoms with Gasteiger partial charge in [0.05, 0.1) is 13.2 Å². The van der Waals surface area contributed by atoms with Gasteiger partial charge in [0.2, 0.25) is 0 Å². The lowest BCUT2D eigenvalue weighted by atomic mass is 10.1. The molecule has 6 heteroatoms. The molecule has 0 atom stereocenters. The number of hydrogen-bond donors (Lipinski definition) is 2.